The molecule has 27 heavy (non-hydrogen) atoms. The quantitative estimate of drug-likeness (QED) is 0.263. The Hall–Kier alpha value is -1.43. The van der Waals surface area contributed by atoms with Crippen LogP contribution in [-0.2, 0) is 4.79 Å². The summed E-state index contributed by atoms with van der Waals surface area (Å²) in [6.45, 7) is 2.21. The van der Waals surface area contributed by atoms with E-state index in [1.165, 1.54) is 43.4 Å². The number of aliphatic hydroxyl groups is 2. The van der Waals surface area contributed by atoms with Gasteiger partial charge in [0.2, 0.25) is 0 Å². The van der Waals surface area contributed by atoms with Crippen LogP contribution in [-0.4, -0.2) is 27.4 Å². The summed E-state index contributed by atoms with van der Waals surface area (Å²) in [4.78, 5) is 12.4. The first-order valence-electron chi connectivity index (χ1n) is 10.1. The first kappa shape index (κ1) is 23.6. The van der Waals surface area contributed by atoms with E-state index in [2.05, 4.69) is 6.92 Å². The molecule has 0 amide bonds. The number of thiophene rings is 1. The number of carbonyl (C=O) groups is 1. The number of aliphatic carboxylic acids is 1. The standard InChI is InChI=1S/C22H34O4S/c1-2-3-4-5-6-7-11-18(23)12-8-9-13-19-16-17-21(27-19)20(24)14-10-15-22(25)26/h8-9,12-13,16-18,20,23-24H,2-7,10-11,14-15H2,1H3,(H,25,26)/b12-8+,13-9+. The number of unbranched alkanes of at least 4 members (excludes halogenated alkanes) is 5. The first-order chi connectivity index (χ1) is 13.0. The van der Waals surface area contributed by atoms with Gasteiger partial charge < -0.3 is 15.3 Å². The zero-order valence-electron chi connectivity index (χ0n) is 16.3. The SMILES string of the molecule is CCCCCCCCC(O)/C=C/C=C/c1ccc(C(O)CCCC(=O)O)s1. The maximum Gasteiger partial charge on any atom is 0.303 e. The molecule has 0 aliphatic rings. The second-order valence-electron chi connectivity index (χ2n) is 6.91. The number of aliphatic hydroxyl groups excluding tert-OH is 2. The van der Waals surface area contributed by atoms with E-state index in [0.717, 1.165) is 22.6 Å². The van der Waals surface area contributed by atoms with Gasteiger partial charge >= 0.3 is 5.97 Å². The Morgan fingerprint density at radius 3 is 2.52 bits per heavy atom. The number of carboxylic acids is 1. The Morgan fingerprint density at radius 2 is 1.78 bits per heavy atom. The summed E-state index contributed by atoms with van der Waals surface area (Å²) < 4.78 is 0. The van der Waals surface area contributed by atoms with E-state index in [1.807, 2.05) is 36.4 Å². The van der Waals surface area contributed by atoms with E-state index in [-0.39, 0.29) is 6.42 Å². The lowest BCUT2D eigenvalue weighted by Crippen LogP contribution is -2.01. The lowest BCUT2D eigenvalue weighted by Gasteiger charge is -2.06. The molecule has 0 aliphatic heterocycles. The third-order valence-electron chi connectivity index (χ3n) is 4.40. The summed E-state index contributed by atoms with van der Waals surface area (Å²) in [7, 11) is 0. The van der Waals surface area contributed by atoms with E-state index >= 15 is 0 Å². The molecule has 0 aliphatic carbocycles. The van der Waals surface area contributed by atoms with Gasteiger partial charge in [0.25, 0.3) is 0 Å². The van der Waals surface area contributed by atoms with Crippen molar-refractivity contribution in [3.63, 3.8) is 0 Å². The second kappa shape index (κ2) is 14.6. The Labute approximate surface area is 167 Å². The highest BCUT2D eigenvalue weighted by Gasteiger charge is 2.10. The Balaban J connectivity index is 2.27. The van der Waals surface area contributed by atoms with Gasteiger partial charge in [-0.1, -0.05) is 63.7 Å². The third-order valence-corrected chi connectivity index (χ3v) is 5.55. The lowest BCUT2D eigenvalue weighted by molar-refractivity contribution is -0.137. The van der Waals surface area contributed by atoms with Gasteiger partial charge in [-0.2, -0.15) is 0 Å². The molecular formula is C22H34O4S. The van der Waals surface area contributed by atoms with Crippen LogP contribution in [0.4, 0.5) is 0 Å². The van der Waals surface area contributed by atoms with Crippen LogP contribution >= 0.6 is 11.3 Å². The monoisotopic (exact) mass is 394 g/mol. The van der Waals surface area contributed by atoms with Gasteiger partial charge in [0.1, 0.15) is 0 Å². The largest absolute Gasteiger partial charge is 0.481 e. The van der Waals surface area contributed by atoms with E-state index < -0.39 is 18.2 Å². The summed E-state index contributed by atoms with van der Waals surface area (Å²) in [5.41, 5.74) is 0. The van der Waals surface area contributed by atoms with Crippen LogP contribution in [0.3, 0.4) is 0 Å². The van der Waals surface area contributed by atoms with Crippen molar-refractivity contribution in [2.75, 3.05) is 0 Å². The van der Waals surface area contributed by atoms with Gasteiger partial charge in [-0.25, -0.2) is 0 Å². The lowest BCUT2D eigenvalue weighted by atomic mass is 10.1. The molecule has 1 heterocycles. The van der Waals surface area contributed by atoms with Crippen molar-refractivity contribution >= 4 is 23.4 Å². The molecule has 1 aromatic rings. The average Bonchev–Trinajstić information content (AvgIpc) is 3.10. The number of hydrogen-bond acceptors (Lipinski definition) is 4. The fourth-order valence-corrected chi connectivity index (χ4v) is 3.74. The van der Waals surface area contributed by atoms with Gasteiger partial charge in [-0.05, 0) is 37.5 Å². The van der Waals surface area contributed by atoms with Gasteiger partial charge in [-0.3, -0.25) is 4.79 Å². The highest BCUT2D eigenvalue weighted by molar-refractivity contribution is 7.12. The normalized spacial score (nSPS) is 14.2. The first-order valence-corrected chi connectivity index (χ1v) is 10.9. The van der Waals surface area contributed by atoms with E-state index in [4.69, 9.17) is 5.11 Å². The second-order valence-corrected chi connectivity index (χ2v) is 8.06. The maximum absolute atomic E-state index is 10.5. The fourth-order valence-electron chi connectivity index (χ4n) is 2.80. The van der Waals surface area contributed by atoms with Crippen LogP contribution in [0, 0.1) is 0 Å². The summed E-state index contributed by atoms with van der Waals surface area (Å²) in [6, 6.07) is 3.82. The molecule has 3 N–H and O–H groups in total. The molecule has 0 radical (unpaired) electrons. The summed E-state index contributed by atoms with van der Waals surface area (Å²) >= 11 is 1.50. The molecule has 1 rings (SSSR count). The smallest absolute Gasteiger partial charge is 0.303 e. The summed E-state index contributed by atoms with van der Waals surface area (Å²) in [5, 5.41) is 28.7. The van der Waals surface area contributed by atoms with Crippen molar-refractivity contribution in [2.24, 2.45) is 0 Å². The molecule has 1 aromatic heterocycles. The van der Waals surface area contributed by atoms with Gasteiger partial charge in [0, 0.05) is 16.2 Å². The number of allylic oxidation sites excluding steroid dienone is 2. The van der Waals surface area contributed by atoms with Crippen molar-refractivity contribution < 1.29 is 20.1 Å². The third kappa shape index (κ3) is 11.8. The van der Waals surface area contributed by atoms with Crippen LogP contribution < -0.4 is 0 Å². The van der Waals surface area contributed by atoms with E-state index in [0.29, 0.717) is 12.8 Å². The highest BCUT2D eigenvalue weighted by Crippen LogP contribution is 2.27. The molecule has 0 saturated carbocycles. The minimum Gasteiger partial charge on any atom is -0.481 e. The molecule has 152 valence electrons. The van der Waals surface area contributed by atoms with E-state index in [9.17, 15) is 15.0 Å². The van der Waals surface area contributed by atoms with Gasteiger partial charge in [0.05, 0.1) is 12.2 Å². The molecule has 0 bridgehead atoms. The zero-order valence-corrected chi connectivity index (χ0v) is 17.2. The Bertz CT molecular complexity index is 577. The summed E-state index contributed by atoms with van der Waals surface area (Å²) in [6.07, 6.45) is 15.7. The van der Waals surface area contributed by atoms with Crippen molar-refractivity contribution in [3.8, 4) is 0 Å². The molecular weight excluding hydrogens is 360 g/mol. The van der Waals surface area contributed by atoms with Crippen LogP contribution in [0.15, 0.2) is 30.4 Å². The minimum atomic E-state index is -0.831. The number of carboxylic acid groups (broad SMARTS) is 1. The highest BCUT2D eigenvalue weighted by atomic mass is 32.1. The molecule has 2 atom stereocenters. The van der Waals surface area contributed by atoms with Crippen LogP contribution in [0.1, 0.15) is 87.0 Å². The van der Waals surface area contributed by atoms with E-state index in [1.54, 1.807) is 0 Å². The van der Waals surface area contributed by atoms with Crippen LogP contribution in [0.25, 0.3) is 6.08 Å². The predicted octanol–water partition coefficient (Wildman–Crippen LogP) is 5.72. The molecule has 4 nitrogen and oxygen atoms in total. The number of rotatable bonds is 15. The van der Waals surface area contributed by atoms with Crippen molar-refractivity contribution in [2.45, 2.75) is 83.3 Å². The Kier molecular flexibility index (Phi) is 12.8. The van der Waals surface area contributed by atoms with Gasteiger partial charge in [-0.15, -0.1) is 11.3 Å². The van der Waals surface area contributed by atoms with Crippen molar-refractivity contribution in [1.29, 1.82) is 0 Å². The molecule has 0 spiro atoms. The average molecular weight is 395 g/mol. The predicted molar refractivity (Wildman–Crippen MR) is 113 cm³/mol. The van der Waals surface area contributed by atoms with Crippen molar-refractivity contribution in [3.05, 3.63) is 40.1 Å². The minimum absolute atomic E-state index is 0.0844. The topological polar surface area (TPSA) is 77.8 Å². The van der Waals surface area contributed by atoms with Gasteiger partial charge in [0.15, 0.2) is 0 Å². The Morgan fingerprint density at radius 1 is 1.04 bits per heavy atom. The molecule has 0 fully saturated rings. The molecule has 5 heteroatoms. The molecule has 0 saturated heterocycles. The van der Waals surface area contributed by atoms with Crippen molar-refractivity contribution in [1.82, 2.24) is 0 Å². The molecule has 0 aromatic carbocycles. The fraction of sp³-hybridized carbons (Fsp3) is 0.591. The van der Waals surface area contributed by atoms with Crippen LogP contribution in [0.5, 0.6) is 0 Å². The summed E-state index contributed by atoms with van der Waals surface area (Å²) in [5.74, 6) is -0.831. The van der Waals surface area contributed by atoms with Crippen LogP contribution in [0.2, 0.25) is 0 Å². The zero-order chi connectivity index (χ0) is 19.9. The molecule has 2 unspecified atom stereocenters. The number of hydrogen-bond donors (Lipinski definition) is 3. The maximum atomic E-state index is 10.5.